The molecule has 8 nitrogen and oxygen atoms in total. The summed E-state index contributed by atoms with van der Waals surface area (Å²) in [6, 6.07) is 12.4. The van der Waals surface area contributed by atoms with Crippen molar-refractivity contribution in [1.29, 1.82) is 0 Å². The van der Waals surface area contributed by atoms with Crippen LogP contribution in [0.2, 0.25) is 0 Å². The highest BCUT2D eigenvalue weighted by Crippen LogP contribution is 2.24. The molecule has 1 aliphatic rings. The maximum atomic E-state index is 12.7. The third-order valence-corrected chi connectivity index (χ3v) is 6.55. The SMILES string of the molecule is CC(C)(C)C(=O)Nc1ccc(NS(=O)(=O)c2ccc(N3CCN(CCCl)C3=O)cc2)cc1. The van der Waals surface area contributed by atoms with Crippen molar-refractivity contribution in [3.05, 3.63) is 48.5 Å². The van der Waals surface area contributed by atoms with E-state index < -0.39 is 15.4 Å². The van der Waals surface area contributed by atoms with Gasteiger partial charge in [-0.25, -0.2) is 13.2 Å². The van der Waals surface area contributed by atoms with Crippen molar-refractivity contribution in [2.45, 2.75) is 25.7 Å². The maximum Gasteiger partial charge on any atom is 0.324 e. The monoisotopic (exact) mass is 478 g/mol. The number of anilines is 3. The number of alkyl halides is 1. The van der Waals surface area contributed by atoms with Gasteiger partial charge in [0.05, 0.1) is 4.90 Å². The molecule has 1 heterocycles. The van der Waals surface area contributed by atoms with E-state index >= 15 is 0 Å². The molecule has 0 radical (unpaired) electrons. The second-order valence-corrected chi connectivity index (χ2v) is 10.6. The average molecular weight is 479 g/mol. The van der Waals surface area contributed by atoms with E-state index in [1.54, 1.807) is 46.2 Å². The molecule has 0 spiro atoms. The number of carbonyl (C=O) groups excluding carboxylic acids is 2. The summed E-state index contributed by atoms with van der Waals surface area (Å²) in [6.07, 6.45) is 0. The number of amides is 3. The third-order valence-electron chi connectivity index (χ3n) is 4.98. The van der Waals surface area contributed by atoms with Gasteiger partial charge in [-0.3, -0.25) is 14.4 Å². The first-order valence-corrected chi connectivity index (χ1v) is 12.2. The van der Waals surface area contributed by atoms with Crippen LogP contribution >= 0.6 is 11.6 Å². The minimum Gasteiger partial charge on any atom is -0.326 e. The maximum absolute atomic E-state index is 12.7. The molecule has 32 heavy (non-hydrogen) atoms. The molecule has 1 fully saturated rings. The number of nitrogens with zero attached hydrogens (tertiary/aromatic N) is 2. The lowest BCUT2D eigenvalue weighted by Gasteiger charge is -2.18. The average Bonchev–Trinajstić information content (AvgIpc) is 3.09. The largest absolute Gasteiger partial charge is 0.326 e. The predicted molar refractivity (Wildman–Crippen MR) is 127 cm³/mol. The number of halogens is 1. The molecular weight excluding hydrogens is 452 g/mol. The Morgan fingerprint density at radius 2 is 1.59 bits per heavy atom. The summed E-state index contributed by atoms with van der Waals surface area (Å²) in [6.45, 7) is 7.02. The first-order chi connectivity index (χ1) is 15.0. The van der Waals surface area contributed by atoms with Gasteiger partial charge in [0, 0.05) is 48.0 Å². The fraction of sp³-hybridized carbons (Fsp3) is 0.364. The van der Waals surface area contributed by atoms with Crippen LogP contribution in [0.1, 0.15) is 20.8 Å². The lowest BCUT2D eigenvalue weighted by molar-refractivity contribution is -0.123. The number of urea groups is 1. The van der Waals surface area contributed by atoms with Crippen LogP contribution in [0.5, 0.6) is 0 Å². The van der Waals surface area contributed by atoms with Crippen LogP contribution in [-0.4, -0.2) is 50.8 Å². The Bertz CT molecular complexity index is 1080. The van der Waals surface area contributed by atoms with Gasteiger partial charge in [0.1, 0.15) is 0 Å². The lowest BCUT2D eigenvalue weighted by atomic mass is 9.95. The van der Waals surface area contributed by atoms with E-state index in [4.69, 9.17) is 11.6 Å². The van der Waals surface area contributed by atoms with Crippen LogP contribution < -0.4 is 14.9 Å². The van der Waals surface area contributed by atoms with Crippen LogP contribution in [0, 0.1) is 5.41 Å². The van der Waals surface area contributed by atoms with Gasteiger partial charge in [0.15, 0.2) is 0 Å². The Labute approximate surface area is 193 Å². The summed E-state index contributed by atoms with van der Waals surface area (Å²) in [5, 5.41) is 2.79. The van der Waals surface area contributed by atoms with Crippen LogP contribution in [0.3, 0.4) is 0 Å². The Balaban J connectivity index is 1.67. The van der Waals surface area contributed by atoms with Crippen molar-refractivity contribution in [2.75, 3.05) is 40.5 Å². The van der Waals surface area contributed by atoms with Crippen molar-refractivity contribution in [1.82, 2.24) is 4.90 Å². The van der Waals surface area contributed by atoms with Gasteiger partial charge in [0.2, 0.25) is 5.91 Å². The first kappa shape index (κ1) is 23.9. The number of nitrogens with one attached hydrogen (secondary N) is 2. The normalized spacial score (nSPS) is 14.6. The van der Waals surface area contributed by atoms with E-state index in [2.05, 4.69) is 10.0 Å². The van der Waals surface area contributed by atoms with Gasteiger partial charge in [0.25, 0.3) is 10.0 Å². The second kappa shape index (κ2) is 9.38. The number of hydrogen-bond donors (Lipinski definition) is 2. The van der Waals surface area contributed by atoms with E-state index in [0.29, 0.717) is 42.6 Å². The Morgan fingerprint density at radius 3 is 2.16 bits per heavy atom. The fourth-order valence-corrected chi connectivity index (χ4v) is 4.35. The van der Waals surface area contributed by atoms with E-state index in [0.717, 1.165) is 0 Å². The summed E-state index contributed by atoms with van der Waals surface area (Å²) in [7, 11) is -3.81. The van der Waals surface area contributed by atoms with Gasteiger partial charge in [-0.2, -0.15) is 0 Å². The Kier molecular flexibility index (Phi) is 7.00. The minimum atomic E-state index is -3.81. The molecule has 2 aromatic carbocycles. The molecule has 1 aliphatic heterocycles. The number of carbonyl (C=O) groups is 2. The summed E-state index contributed by atoms with van der Waals surface area (Å²) in [5.74, 6) is 0.236. The number of benzene rings is 2. The Morgan fingerprint density at radius 1 is 1.00 bits per heavy atom. The highest BCUT2D eigenvalue weighted by Gasteiger charge is 2.29. The molecular formula is C22H27ClN4O4S. The molecule has 2 aromatic rings. The highest BCUT2D eigenvalue weighted by atomic mass is 35.5. The molecule has 0 saturated carbocycles. The molecule has 0 aromatic heterocycles. The highest BCUT2D eigenvalue weighted by molar-refractivity contribution is 7.92. The van der Waals surface area contributed by atoms with E-state index in [-0.39, 0.29) is 16.8 Å². The smallest absolute Gasteiger partial charge is 0.324 e. The summed E-state index contributed by atoms with van der Waals surface area (Å²) < 4.78 is 28.0. The van der Waals surface area contributed by atoms with Crippen molar-refractivity contribution in [3.8, 4) is 0 Å². The van der Waals surface area contributed by atoms with Gasteiger partial charge < -0.3 is 10.2 Å². The number of sulfonamides is 1. The summed E-state index contributed by atoms with van der Waals surface area (Å²) in [5.41, 5.74) is 1.05. The molecule has 0 aliphatic carbocycles. The molecule has 172 valence electrons. The van der Waals surface area contributed by atoms with E-state index in [9.17, 15) is 18.0 Å². The molecule has 3 amide bonds. The van der Waals surface area contributed by atoms with Gasteiger partial charge >= 0.3 is 6.03 Å². The number of hydrogen-bond acceptors (Lipinski definition) is 4. The van der Waals surface area contributed by atoms with Crippen molar-refractivity contribution in [3.63, 3.8) is 0 Å². The standard InChI is InChI=1S/C22H27ClN4O4S/c1-22(2,3)20(28)24-16-4-6-17(7-5-16)25-32(30,31)19-10-8-18(9-11-19)27-15-14-26(13-12-23)21(27)29/h4-11,25H,12-15H2,1-3H3,(H,24,28). The molecule has 10 heteroatoms. The van der Waals surface area contributed by atoms with Crippen LogP contribution in [0.25, 0.3) is 0 Å². The zero-order valence-electron chi connectivity index (χ0n) is 18.3. The zero-order chi connectivity index (χ0) is 23.5. The van der Waals surface area contributed by atoms with Crippen molar-refractivity contribution < 1.29 is 18.0 Å². The fourth-order valence-electron chi connectivity index (χ4n) is 3.09. The second-order valence-electron chi connectivity index (χ2n) is 8.49. The molecule has 0 atom stereocenters. The van der Waals surface area contributed by atoms with Gasteiger partial charge in [-0.1, -0.05) is 20.8 Å². The topological polar surface area (TPSA) is 98.8 Å². The molecule has 0 unspecified atom stereocenters. The number of rotatable bonds is 7. The predicted octanol–water partition coefficient (Wildman–Crippen LogP) is 3.95. The van der Waals surface area contributed by atoms with Gasteiger partial charge in [-0.05, 0) is 48.5 Å². The van der Waals surface area contributed by atoms with E-state index in [1.807, 2.05) is 20.8 Å². The minimum absolute atomic E-state index is 0.0793. The first-order valence-electron chi connectivity index (χ1n) is 10.2. The van der Waals surface area contributed by atoms with Crippen molar-refractivity contribution in [2.24, 2.45) is 5.41 Å². The summed E-state index contributed by atoms with van der Waals surface area (Å²) in [4.78, 5) is 27.8. The van der Waals surface area contributed by atoms with Crippen molar-refractivity contribution >= 4 is 50.6 Å². The summed E-state index contributed by atoms with van der Waals surface area (Å²) >= 11 is 5.72. The van der Waals surface area contributed by atoms with Crippen LogP contribution in [-0.2, 0) is 14.8 Å². The van der Waals surface area contributed by atoms with Crippen LogP contribution in [0.15, 0.2) is 53.4 Å². The zero-order valence-corrected chi connectivity index (χ0v) is 19.8. The molecule has 0 bridgehead atoms. The van der Waals surface area contributed by atoms with E-state index in [1.165, 1.54) is 12.1 Å². The molecule has 3 rings (SSSR count). The molecule has 2 N–H and O–H groups in total. The van der Waals surface area contributed by atoms with Gasteiger partial charge in [-0.15, -0.1) is 11.6 Å². The quantitative estimate of drug-likeness (QED) is 0.588. The third kappa shape index (κ3) is 5.52. The lowest BCUT2D eigenvalue weighted by Crippen LogP contribution is -2.32. The Hall–Kier alpha value is -2.78. The van der Waals surface area contributed by atoms with Crippen LogP contribution in [0.4, 0.5) is 21.9 Å². The molecule has 1 saturated heterocycles.